The Labute approximate surface area is 217 Å². The molecule has 0 heterocycles. The van der Waals surface area contributed by atoms with Crippen molar-refractivity contribution in [1.29, 1.82) is 0 Å². The molecular weight excluding hydrogens is 500 g/mol. The van der Waals surface area contributed by atoms with Gasteiger partial charge in [-0.25, -0.2) is 8.42 Å². The summed E-state index contributed by atoms with van der Waals surface area (Å²) in [6.45, 7) is 6.60. The molecule has 0 radical (unpaired) electrons. The maximum absolute atomic E-state index is 13.6. The van der Waals surface area contributed by atoms with Crippen LogP contribution < -0.4 is 14.4 Å². The highest BCUT2D eigenvalue weighted by atomic mass is 32.2. The van der Waals surface area contributed by atoms with Crippen molar-refractivity contribution in [3.05, 3.63) is 63.7 Å². The minimum Gasteiger partial charge on any atom is -0.495 e. The number of methoxy groups -OCH3 is 1. The molecule has 0 bridgehead atoms. The molecule has 1 N–H and O–H groups in total. The van der Waals surface area contributed by atoms with Crippen molar-refractivity contribution in [3.8, 4) is 5.75 Å². The highest BCUT2D eigenvalue weighted by Gasteiger charge is 2.32. The molecular formula is C25H34N4O7S. The number of non-ortho nitro benzene ring substituents is 1. The van der Waals surface area contributed by atoms with Crippen LogP contribution in [0.15, 0.2) is 42.5 Å². The number of carbonyl (C=O) groups excluding carboxylic acids is 2. The van der Waals surface area contributed by atoms with Crippen LogP contribution in [0, 0.1) is 17.0 Å². The topological polar surface area (TPSA) is 139 Å². The molecule has 0 aliphatic carbocycles. The predicted molar refractivity (Wildman–Crippen MR) is 141 cm³/mol. The Morgan fingerprint density at radius 2 is 1.84 bits per heavy atom. The van der Waals surface area contributed by atoms with Gasteiger partial charge in [-0.15, -0.1) is 0 Å². The largest absolute Gasteiger partial charge is 0.495 e. The minimum absolute atomic E-state index is 0.0385. The summed E-state index contributed by atoms with van der Waals surface area (Å²) in [6, 6.07) is 9.85. The molecule has 2 rings (SSSR count). The lowest BCUT2D eigenvalue weighted by molar-refractivity contribution is -0.384. The van der Waals surface area contributed by atoms with Gasteiger partial charge in [-0.05, 0) is 38.8 Å². The van der Waals surface area contributed by atoms with E-state index in [4.69, 9.17) is 4.74 Å². The quantitative estimate of drug-likeness (QED) is 0.326. The number of nitrogens with one attached hydrogen (secondary N) is 1. The standard InChI is InChI=1S/C25H34N4O7S/c1-7-18(3)26-25(31)19(4)27(15-20-10-8-9-17(2)13-20)24(30)16-28(37(6,34)35)22-14-21(29(32)33)11-12-23(22)36-5/h8-14,18-19H,7,15-16H2,1-6H3,(H,26,31)/t18-,19-/m0/s1. The van der Waals surface area contributed by atoms with Crippen LogP contribution in [0.5, 0.6) is 5.75 Å². The average Bonchev–Trinajstić information content (AvgIpc) is 2.83. The Bertz CT molecular complexity index is 1250. The number of carbonyl (C=O) groups is 2. The number of amides is 2. The van der Waals surface area contributed by atoms with Crippen LogP contribution in [0.3, 0.4) is 0 Å². The highest BCUT2D eigenvalue weighted by molar-refractivity contribution is 7.92. The summed E-state index contributed by atoms with van der Waals surface area (Å²) >= 11 is 0. The monoisotopic (exact) mass is 534 g/mol. The van der Waals surface area contributed by atoms with Gasteiger partial charge in [0.05, 0.1) is 18.3 Å². The summed E-state index contributed by atoms with van der Waals surface area (Å²) in [5.74, 6) is -1.00. The van der Waals surface area contributed by atoms with Crippen molar-refractivity contribution in [3.63, 3.8) is 0 Å². The fourth-order valence-electron chi connectivity index (χ4n) is 3.64. The van der Waals surface area contributed by atoms with Crippen molar-refractivity contribution in [2.75, 3.05) is 24.2 Å². The first-order valence-corrected chi connectivity index (χ1v) is 13.6. The van der Waals surface area contributed by atoms with Crippen LogP contribution in [0.2, 0.25) is 0 Å². The van der Waals surface area contributed by atoms with E-state index < -0.39 is 33.4 Å². The van der Waals surface area contributed by atoms with Gasteiger partial charge < -0.3 is 15.0 Å². The van der Waals surface area contributed by atoms with Gasteiger partial charge in [0.15, 0.2) is 0 Å². The summed E-state index contributed by atoms with van der Waals surface area (Å²) in [5.41, 5.74) is 1.20. The number of ether oxygens (including phenoxy) is 1. The van der Waals surface area contributed by atoms with Gasteiger partial charge in [0, 0.05) is 24.7 Å². The minimum atomic E-state index is -4.09. The number of hydrogen-bond donors (Lipinski definition) is 1. The number of benzene rings is 2. The Morgan fingerprint density at radius 3 is 2.38 bits per heavy atom. The molecule has 0 aliphatic heterocycles. The number of nitro groups is 1. The second-order valence-electron chi connectivity index (χ2n) is 8.89. The summed E-state index contributed by atoms with van der Waals surface area (Å²) in [5, 5.41) is 14.2. The average molecular weight is 535 g/mol. The van der Waals surface area contributed by atoms with E-state index in [1.807, 2.05) is 45.0 Å². The van der Waals surface area contributed by atoms with E-state index in [-0.39, 0.29) is 35.6 Å². The maximum atomic E-state index is 13.6. The Morgan fingerprint density at radius 1 is 1.16 bits per heavy atom. The number of nitro benzene ring substituents is 1. The van der Waals surface area contributed by atoms with Gasteiger partial charge in [0.2, 0.25) is 21.8 Å². The number of sulfonamides is 1. The third-order valence-electron chi connectivity index (χ3n) is 5.92. The van der Waals surface area contributed by atoms with Crippen molar-refractivity contribution in [2.45, 2.75) is 52.7 Å². The normalized spacial score (nSPS) is 12.8. The molecule has 2 amide bonds. The fourth-order valence-corrected chi connectivity index (χ4v) is 4.48. The van der Waals surface area contributed by atoms with Gasteiger partial charge in [-0.1, -0.05) is 36.8 Å². The fraction of sp³-hybridized carbons (Fsp3) is 0.440. The molecule has 0 spiro atoms. The lowest BCUT2D eigenvalue weighted by Gasteiger charge is -2.32. The molecule has 0 aromatic heterocycles. The van der Waals surface area contributed by atoms with E-state index in [1.54, 1.807) is 6.92 Å². The molecule has 11 nitrogen and oxygen atoms in total. The van der Waals surface area contributed by atoms with Crippen LogP contribution in [-0.4, -0.2) is 62.0 Å². The summed E-state index contributed by atoms with van der Waals surface area (Å²) in [6.07, 6.45) is 1.58. The Hall–Kier alpha value is -3.67. The van der Waals surface area contributed by atoms with E-state index in [9.17, 15) is 28.1 Å². The predicted octanol–water partition coefficient (Wildman–Crippen LogP) is 3.01. The smallest absolute Gasteiger partial charge is 0.271 e. The first kappa shape index (κ1) is 29.6. The van der Waals surface area contributed by atoms with Crippen LogP contribution >= 0.6 is 0 Å². The molecule has 0 saturated heterocycles. The SMILES string of the molecule is CC[C@H](C)NC(=O)[C@H](C)N(Cc1cccc(C)c1)C(=O)CN(c1cc([N+](=O)[O-])ccc1OC)S(C)(=O)=O. The van der Waals surface area contributed by atoms with Gasteiger partial charge in [-0.3, -0.25) is 24.0 Å². The molecule has 0 fully saturated rings. The third kappa shape index (κ3) is 7.91. The maximum Gasteiger partial charge on any atom is 0.271 e. The van der Waals surface area contributed by atoms with Gasteiger partial charge in [0.25, 0.3) is 5.69 Å². The highest BCUT2D eigenvalue weighted by Crippen LogP contribution is 2.33. The van der Waals surface area contributed by atoms with E-state index in [2.05, 4.69) is 5.32 Å². The van der Waals surface area contributed by atoms with Crippen molar-refractivity contribution >= 4 is 33.2 Å². The van der Waals surface area contributed by atoms with Crippen LogP contribution in [-0.2, 0) is 26.2 Å². The molecule has 0 saturated carbocycles. The van der Waals surface area contributed by atoms with Crippen LogP contribution in [0.4, 0.5) is 11.4 Å². The summed E-state index contributed by atoms with van der Waals surface area (Å²) in [7, 11) is -2.80. The number of anilines is 1. The second-order valence-corrected chi connectivity index (χ2v) is 10.8. The number of aryl methyl sites for hydroxylation is 1. The molecule has 0 unspecified atom stereocenters. The molecule has 0 aliphatic rings. The third-order valence-corrected chi connectivity index (χ3v) is 7.05. The van der Waals surface area contributed by atoms with E-state index in [1.165, 1.54) is 24.1 Å². The van der Waals surface area contributed by atoms with Crippen molar-refractivity contribution < 1.29 is 27.7 Å². The Kier molecular flexibility index (Phi) is 10.0. The lowest BCUT2D eigenvalue weighted by atomic mass is 10.1. The van der Waals surface area contributed by atoms with Crippen molar-refractivity contribution in [2.24, 2.45) is 0 Å². The summed E-state index contributed by atoms with van der Waals surface area (Å²) < 4.78 is 31.5. The first-order chi connectivity index (χ1) is 17.3. The van der Waals surface area contributed by atoms with Gasteiger partial charge in [-0.2, -0.15) is 0 Å². The molecule has 37 heavy (non-hydrogen) atoms. The van der Waals surface area contributed by atoms with Crippen LogP contribution in [0.25, 0.3) is 0 Å². The second kappa shape index (κ2) is 12.5. The van der Waals surface area contributed by atoms with E-state index in [0.29, 0.717) is 6.42 Å². The summed E-state index contributed by atoms with van der Waals surface area (Å²) in [4.78, 5) is 38.6. The number of nitrogens with zero attached hydrogens (tertiary/aromatic N) is 3. The van der Waals surface area contributed by atoms with Crippen molar-refractivity contribution in [1.82, 2.24) is 10.2 Å². The van der Waals surface area contributed by atoms with Gasteiger partial charge >= 0.3 is 0 Å². The zero-order valence-corrected chi connectivity index (χ0v) is 22.7. The Balaban J connectivity index is 2.51. The molecule has 2 aromatic rings. The lowest BCUT2D eigenvalue weighted by Crippen LogP contribution is -2.52. The van der Waals surface area contributed by atoms with Gasteiger partial charge in [0.1, 0.15) is 24.0 Å². The molecule has 12 heteroatoms. The zero-order chi connectivity index (χ0) is 27.9. The number of rotatable bonds is 12. The number of hydrogen-bond acceptors (Lipinski definition) is 7. The molecule has 2 atom stereocenters. The first-order valence-electron chi connectivity index (χ1n) is 11.7. The molecule has 2 aromatic carbocycles. The zero-order valence-electron chi connectivity index (χ0n) is 21.9. The van der Waals surface area contributed by atoms with E-state index in [0.717, 1.165) is 27.8 Å². The van der Waals surface area contributed by atoms with Crippen LogP contribution in [0.1, 0.15) is 38.3 Å². The molecule has 202 valence electrons. The van der Waals surface area contributed by atoms with E-state index >= 15 is 0 Å².